The van der Waals surface area contributed by atoms with Crippen molar-refractivity contribution >= 4 is 15.9 Å². The van der Waals surface area contributed by atoms with Gasteiger partial charge in [0.2, 0.25) is 0 Å². The monoisotopic (exact) mass is 242 g/mol. The summed E-state index contributed by atoms with van der Waals surface area (Å²) in [4.78, 5) is -3.12. The van der Waals surface area contributed by atoms with Crippen LogP contribution in [0.4, 0.5) is 8.78 Å². The molecule has 1 fully saturated rings. The van der Waals surface area contributed by atoms with Gasteiger partial charge in [0.1, 0.15) is 6.10 Å². The summed E-state index contributed by atoms with van der Waals surface area (Å²) >= 11 is 2.20. The Hall–Kier alpha value is 0.300. The summed E-state index contributed by atoms with van der Waals surface area (Å²) in [5.41, 5.74) is 0. The van der Waals surface area contributed by atoms with E-state index in [2.05, 4.69) is 15.9 Å². The van der Waals surface area contributed by atoms with Crippen molar-refractivity contribution in [1.82, 2.24) is 0 Å². The SMILES string of the molecule is OC(C1CCCCC1)C(F)(F)Br. The largest absolute Gasteiger partial charge is 0.386 e. The van der Waals surface area contributed by atoms with E-state index >= 15 is 0 Å². The molecule has 0 radical (unpaired) electrons. The molecule has 1 rings (SSSR count). The predicted octanol–water partition coefficient (Wildman–Crippen LogP) is 2.92. The molecule has 1 unspecified atom stereocenters. The van der Waals surface area contributed by atoms with Crippen LogP contribution in [0.25, 0.3) is 0 Å². The minimum Gasteiger partial charge on any atom is -0.386 e. The van der Waals surface area contributed by atoms with Crippen LogP contribution in [0, 0.1) is 5.92 Å². The molecule has 1 atom stereocenters. The fourth-order valence-electron chi connectivity index (χ4n) is 1.72. The minimum absolute atomic E-state index is 0.229. The Morgan fingerprint density at radius 2 is 1.75 bits per heavy atom. The number of aliphatic hydroxyl groups excluding tert-OH is 1. The van der Waals surface area contributed by atoms with E-state index in [9.17, 15) is 13.9 Å². The summed E-state index contributed by atoms with van der Waals surface area (Å²) in [7, 11) is 0. The van der Waals surface area contributed by atoms with Crippen LogP contribution in [0.3, 0.4) is 0 Å². The summed E-state index contributed by atoms with van der Waals surface area (Å²) in [6.45, 7) is 0. The van der Waals surface area contributed by atoms with Crippen molar-refractivity contribution in [2.45, 2.75) is 43.0 Å². The van der Waals surface area contributed by atoms with Gasteiger partial charge in [0.05, 0.1) is 0 Å². The molecule has 0 aromatic heterocycles. The lowest BCUT2D eigenvalue weighted by Crippen LogP contribution is -2.35. The second kappa shape index (κ2) is 4.01. The van der Waals surface area contributed by atoms with Gasteiger partial charge in [-0.15, -0.1) is 0 Å². The molecule has 1 aliphatic carbocycles. The molecule has 1 nitrogen and oxygen atoms in total. The number of rotatable bonds is 2. The van der Waals surface area contributed by atoms with Gasteiger partial charge in [-0.1, -0.05) is 19.3 Å². The maximum Gasteiger partial charge on any atom is 0.326 e. The van der Waals surface area contributed by atoms with Crippen molar-refractivity contribution in [2.24, 2.45) is 5.92 Å². The fourth-order valence-corrected chi connectivity index (χ4v) is 2.09. The van der Waals surface area contributed by atoms with Crippen LogP contribution >= 0.6 is 15.9 Å². The Kier molecular flexibility index (Phi) is 3.47. The van der Waals surface area contributed by atoms with E-state index in [0.717, 1.165) is 32.1 Å². The molecule has 12 heavy (non-hydrogen) atoms. The predicted molar refractivity (Wildman–Crippen MR) is 46.5 cm³/mol. The van der Waals surface area contributed by atoms with E-state index in [0.29, 0.717) is 0 Å². The molecule has 0 amide bonds. The molecule has 1 aliphatic rings. The van der Waals surface area contributed by atoms with Crippen molar-refractivity contribution in [3.8, 4) is 0 Å². The van der Waals surface area contributed by atoms with Gasteiger partial charge in [-0.2, -0.15) is 8.78 Å². The molecule has 72 valence electrons. The minimum atomic E-state index is -3.12. The highest BCUT2D eigenvalue weighted by Crippen LogP contribution is 2.36. The third-order valence-corrected chi connectivity index (χ3v) is 2.90. The molecule has 0 spiro atoms. The zero-order chi connectivity index (χ0) is 9.19. The molecule has 0 aromatic rings. The Morgan fingerprint density at radius 3 is 2.17 bits per heavy atom. The smallest absolute Gasteiger partial charge is 0.326 e. The first-order valence-electron chi connectivity index (χ1n) is 4.26. The van der Waals surface area contributed by atoms with E-state index in [1.165, 1.54) is 0 Å². The highest BCUT2D eigenvalue weighted by Gasteiger charge is 2.40. The van der Waals surface area contributed by atoms with Crippen molar-refractivity contribution in [3.05, 3.63) is 0 Å². The maximum atomic E-state index is 12.6. The van der Waals surface area contributed by atoms with Crippen LogP contribution in [0.1, 0.15) is 32.1 Å². The van der Waals surface area contributed by atoms with Crippen LogP contribution in [0.2, 0.25) is 0 Å². The average molecular weight is 243 g/mol. The lowest BCUT2D eigenvalue weighted by molar-refractivity contribution is -0.0668. The number of hydrogen-bond acceptors (Lipinski definition) is 1. The normalized spacial score (nSPS) is 24.0. The standard InChI is InChI=1S/C8H13BrF2O/c9-8(10,11)7(12)6-4-2-1-3-5-6/h6-7,12H,1-5H2. The number of aliphatic hydroxyl groups is 1. The molecule has 0 heterocycles. The van der Waals surface area contributed by atoms with E-state index in [-0.39, 0.29) is 5.92 Å². The third-order valence-electron chi connectivity index (χ3n) is 2.43. The van der Waals surface area contributed by atoms with Gasteiger partial charge in [-0.05, 0) is 34.7 Å². The summed E-state index contributed by atoms with van der Waals surface area (Å²) in [5.74, 6) is -0.229. The summed E-state index contributed by atoms with van der Waals surface area (Å²) in [6, 6.07) is 0. The summed E-state index contributed by atoms with van der Waals surface area (Å²) in [5, 5.41) is 9.21. The van der Waals surface area contributed by atoms with E-state index in [4.69, 9.17) is 0 Å². The summed E-state index contributed by atoms with van der Waals surface area (Å²) < 4.78 is 25.1. The van der Waals surface area contributed by atoms with Crippen LogP contribution < -0.4 is 0 Å². The molecule has 0 saturated heterocycles. The zero-order valence-corrected chi connectivity index (χ0v) is 8.36. The second-order valence-corrected chi connectivity index (χ2v) is 4.44. The van der Waals surface area contributed by atoms with E-state index < -0.39 is 10.9 Å². The molecular formula is C8H13BrF2O. The van der Waals surface area contributed by atoms with Crippen molar-refractivity contribution in [2.75, 3.05) is 0 Å². The number of alkyl halides is 3. The van der Waals surface area contributed by atoms with Gasteiger partial charge in [0.15, 0.2) is 0 Å². The van der Waals surface area contributed by atoms with Crippen molar-refractivity contribution in [3.63, 3.8) is 0 Å². The van der Waals surface area contributed by atoms with Crippen LogP contribution in [-0.4, -0.2) is 16.0 Å². The molecule has 4 heteroatoms. The molecule has 0 bridgehead atoms. The molecular weight excluding hydrogens is 230 g/mol. The third kappa shape index (κ3) is 2.66. The number of halogens is 3. The van der Waals surface area contributed by atoms with Gasteiger partial charge >= 0.3 is 4.83 Å². The highest BCUT2D eigenvalue weighted by molar-refractivity contribution is 9.10. The molecule has 0 aliphatic heterocycles. The average Bonchev–Trinajstić information content (AvgIpc) is 2.03. The van der Waals surface area contributed by atoms with E-state index in [1.54, 1.807) is 0 Å². The van der Waals surface area contributed by atoms with Gasteiger partial charge in [0, 0.05) is 0 Å². The van der Waals surface area contributed by atoms with Crippen LogP contribution in [0.5, 0.6) is 0 Å². The maximum absolute atomic E-state index is 12.6. The van der Waals surface area contributed by atoms with Crippen LogP contribution in [-0.2, 0) is 0 Å². The van der Waals surface area contributed by atoms with Crippen molar-refractivity contribution in [1.29, 1.82) is 0 Å². The lowest BCUT2D eigenvalue weighted by atomic mass is 9.85. The van der Waals surface area contributed by atoms with Gasteiger partial charge in [-0.25, -0.2) is 0 Å². The molecule has 1 N–H and O–H groups in total. The first kappa shape index (κ1) is 10.4. The fraction of sp³-hybridized carbons (Fsp3) is 1.00. The summed E-state index contributed by atoms with van der Waals surface area (Å²) in [6.07, 6.45) is 2.97. The second-order valence-electron chi connectivity index (χ2n) is 3.38. The highest BCUT2D eigenvalue weighted by atomic mass is 79.9. The van der Waals surface area contributed by atoms with Gasteiger partial charge in [-0.3, -0.25) is 0 Å². The molecule has 1 saturated carbocycles. The Bertz CT molecular complexity index is 140. The molecule has 0 aromatic carbocycles. The van der Waals surface area contributed by atoms with Gasteiger partial charge < -0.3 is 5.11 Å². The van der Waals surface area contributed by atoms with Crippen LogP contribution in [0.15, 0.2) is 0 Å². The lowest BCUT2D eigenvalue weighted by Gasteiger charge is -2.28. The quantitative estimate of drug-likeness (QED) is 0.739. The Labute approximate surface area is 79.3 Å². The Balaban J connectivity index is 2.45. The van der Waals surface area contributed by atoms with Crippen molar-refractivity contribution < 1.29 is 13.9 Å². The topological polar surface area (TPSA) is 20.2 Å². The van der Waals surface area contributed by atoms with E-state index in [1.807, 2.05) is 0 Å². The Morgan fingerprint density at radius 1 is 1.25 bits per heavy atom. The van der Waals surface area contributed by atoms with Gasteiger partial charge in [0.25, 0.3) is 0 Å². The number of hydrogen-bond donors (Lipinski definition) is 1. The first-order valence-corrected chi connectivity index (χ1v) is 5.06. The first-order chi connectivity index (χ1) is 5.52. The zero-order valence-electron chi connectivity index (χ0n) is 6.77.